The Morgan fingerprint density at radius 2 is 1.12 bits per heavy atom. The number of carbonyl (C=O) groups is 2. The molecule has 0 N–H and O–H groups in total. The van der Waals surface area contributed by atoms with Gasteiger partial charge in [0.15, 0.2) is 0 Å². The fourth-order valence-corrected chi connectivity index (χ4v) is 2.42. The lowest BCUT2D eigenvalue weighted by Gasteiger charge is -2.16. The monoisotopic (exact) mass is 342 g/mol. The zero-order valence-corrected chi connectivity index (χ0v) is 11.9. The minimum absolute atomic E-state index is 0.149. The molecule has 0 amide bonds. The van der Waals surface area contributed by atoms with E-state index in [9.17, 15) is 9.59 Å². The number of rotatable bonds is 0. The number of benzene rings is 1. The van der Waals surface area contributed by atoms with Gasteiger partial charge in [0.2, 0.25) is 11.6 Å². The molecule has 0 saturated carbocycles. The molecule has 2 rings (SSSR count). The van der Waals surface area contributed by atoms with E-state index in [-0.39, 0.29) is 11.6 Å². The van der Waals surface area contributed by atoms with E-state index >= 15 is 0 Å². The molecule has 0 heterocycles. The van der Waals surface area contributed by atoms with Crippen molar-refractivity contribution < 1.29 is 9.59 Å². The predicted molar refractivity (Wildman–Crippen MR) is 69.5 cm³/mol. The quantitative estimate of drug-likeness (QED) is 0.720. The summed E-state index contributed by atoms with van der Waals surface area (Å²) in [4.78, 5) is 23.9. The van der Waals surface area contributed by atoms with E-state index in [0.717, 1.165) is 11.1 Å². The molecule has 0 atom stereocenters. The van der Waals surface area contributed by atoms with Crippen LogP contribution in [0.1, 0.15) is 31.8 Å². The van der Waals surface area contributed by atoms with E-state index in [1.54, 1.807) is 12.1 Å². The van der Waals surface area contributed by atoms with E-state index in [1.165, 1.54) is 0 Å². The summed E-state index contributed by atoms with van der Waals surface area (Å²) < 4.78 is 0.599. The van der Waals surface area contributed by atoms with Crippen LogP contribution in [0.25, 0.3) is 0 Å². The van der Waals surface area contributed by atoms with Crippen LogP contribution in [0.5, 0.6) is 0 Å². The third-order valence-electron chi connectivity index (χ3n) is 2.71. The molecule has 0 fully saturated rings. The molecule has 0 spiro atoms. The van der Waals surface area contributed by atoms with Gasteiger partial charge in [0, 0.05) is 11.1 Å². The van der Waals surface area contributed by atoms with Crippen molar-refractivity contribution in [3.63, 3.8) is 0 Å². The van der Waals surface area contributed by atoms with Gasteiger partial charge >= 0.3 is 0 Å². The number of hydrogen-bond donors (Lipinski definition) is 0. The van der Waals surface area contributed by atoms with E-state index in [1.807, 2.05) is 13.8 Å². The van der Waals surface area contributed by atoms with Gasteiger partial charge in [0.05, 0.1) is 8.96 Å². The summed E-state index contributed by atoms with van der Waals surface area (Å²) in [5.74, 6) is -0.297. The lowest BCUT2D eigenvalue weighted by atomic mass is 9.91. The summed E-state index contributed by atoms with van der Waals surface area (Å²) in [6, 6.07) is 3.54. The standard InChI is InChI=1S/C12H8Br2O2/c1-5-3-7-8(4-6(5)2)12(16)10(14)9(13)11(7)15/h3-4H,1-2H3. The first-order valence-electron chi connectivity index (χ1n) is 4.69. The maximum atomic E-state index is 11.9. The van der Waals surface area contributed by atoms with Crippen molar-refractivity contribution in [2.45, 2.75) is 13.8 Å². The topological polar surface area (TPSA) is 34.1 Å². The maximum Gasteiger partial charge on any atom is 0.202 e. The first kappa shape index (κ1) is 11.7. The highest BCUT2D eigenvalue weighted by molar-refractivity contribution is 9.14. The molecule has 0 aromatic heterocycles. The van der Waals surface area contributed by atoms with Crippen LogP contribution in [0.4, 0.5) is 0 Å². The van der Waals surface area contributed by atoms with E-state index < -0.39 is 0 Å². The van der Waals surface area contributed by atoms with Crippen LogP contribution in [-0.4, -0.2) is 11.6 Å². The molecule has 4 heteroatoms. The predicted octanol–water partition coefficient (Wildman–Crippen LogP) is 3.68. The number of allylic oxidation sites excluding steroid dienone is 2. The SMILES string of the molecule is Cc1cc2c(cc1C)C(=O)C(Br)=C(Br)C2=O. The molecular weight excluding hydrogens is 336 g/mol. The molecule has 0 radical (unpaired) electrons. The van der Waals surface area contributed by atoms with Crippen molar-refractivity contribution in [3.05, 3.63) is 43.4 Å². The molecule has 2 nitrogen and oxygen atoms in total. The van der Waals surface area contributed by atoms with E-state index in [0.29, 0.717) is 20.1 Å². The highest BCUT2D eigenvalue weighted by Crippen LogP contribution is 2.33. The Balaban J connectivity index is 2.76. The van der Waals surface area contributed by atoms with Crippen LogP contribution in [0.15, 0.2) is 21.1 Å². The Morgan fingerprint density at radius 3 is 1.44 bits per heavy atom. The highest BCUT2D eigenvalue weighted by Gasteiger charge is 2.30. The van der Waals surface area contributed by atoms with Crippen LogP contribution in [0.3, 0.4) is 0 Å². The second-order valence-corrected chi connectivity index (χ2v) is 5.35. The van der Waals surface area contributed by atoms with Crippen molar-refractivity contribution in [2.24, 2.45) is 0 Å². The summed E-state index contributed by atoms with van der Waals surface area (Å²) >= 11 is 6.27. The summed E-state index contributed by atoms with van der Waals surface area (Å²) in [7, 11) is 0. The third-order valence-corrected chi connectivity index (χ3v) is 4.76. The molecule has 1 aromatic rings. The summed E-state index contributed by atoms with van der Waals surface area (Å²) in [5, 5.41) is 0. The summed E-state index contributed by atoms with van der Waals surface area (Å²) in [5.41, 5.74) is 2.97. The number of halogens is 2. The van der Waals surface area contributed by atoms with Crippen LogP contribution in [0, 0.1) is 13.8 Å². The van der Waals surface area contributed by atoms with Crippen LogP contribution in [0.2, 0.25) is 0 Å². The molecule has 0 bridgehead atoms. The molecule has 1 aliphatic rings. The second-order valence-electron chi connectivity index (χ2n) is 3.77. The van der Waals surface area contributed by atoms with Gasteiger partial charge in [-0.25, -0.2) is 0 Å². The molecule has 0 aliphatic heterocycles. The number of hydrogen-bond acceptors (Lipinski definition) is 2. The molecule has 0 unspecified atom stereocenters. The van der Waals surface area contributed by atoms with Gasteiger partial charge in [-0.2, -0.15) is 0 Å². The van der Waals surface area contributed by atoms with Gasteiger partial charge in [-0.05, 0) is 69.0 Å². The summed E-state index contributed by atoms with van der Waals surface area (Å²) in [6.07, 6.45) is 0. The molecule has 16 heavy (non-hydrogen) atoms. The molecule has 0 saturated heterocycles. The van der Waals surface area contributed by atoms with Crippen molar-refractivity contribution >= 4 is 43.4 Å². The molecular formula is C12H8Br2O2. The van der Waals surface area contributed by atoms with Gasteiger partial charge in [-0.15, -0.1) is 0 Å². The molecule has 82 valence electrons. The largest absolute Gasteiger partial charge is 0.288 e. The van der Waals surface area contributed by atoms with E-state index in [4.69, 9.17) is 0 Å². The highest BCUT2D eigenvalue weighted by atomic mass is 79.9. The second kappa shape index (κ2) is 3.93. The smallest absolute Gasteiger partial charge is 0.202 e. The van der Waals surface area contributed by atoms with Crippen molar-refractivity contribution in [1.82, 2.24) is 0 Å². The fourth-order valence-electron chi connectivity index (χ4n) is 1.63. The average Bonchev–Trinajstić information content (AvgIpc) is 2.26. The fraction of sp³-hybridized carbons (Fsp3) is 0.167. The number of aryl methyl sites for hydroxylation is 2. The van der Waals surface area contributed by atoms with Gasteiger partial charge in [0.25, 0.3) is 0 Å². The molecule has 1 aliphatic carbocycles. The van der Waals surface area contributed by atoms with Gasteiger partial charge in [0.1, 0.15) is 0 Å². The van der Waals surface area contributed by atoms with Crippen LogP contribution < -0.4 is 0 Å². The Bertz CT molecular complexity index is 507. The first-order valence-corrected chi connectivity index (χ1v) is 6.28. The van der Waals surface area contributed by atoms with Gasteiger partial charge < -0.3 is 0 Å². The summed E-state index contributed by atoms with van der Waals surface area (Å²) in [6.45, 7) is 3.85. The number of Topliss-reactive ketones (excluding diaryl/α,β-unsaturated/α-hetero) is 2. The maximum absolute atomic E-state index is 11.9. The van der Waals surface area contributed by atoms with Crippen molar-refractivity contribution in [3.8, 4) is 0 Å². The van der Waals surface area contributed by atoms with Crippen molar-refractivity contribution in [1.29, 1.82) is 0 Å². The number of fused-ring (bicyclic) bond motifs is 1. The first-order chi connectivity index (χ1) is 7.43. The zero-order chi connectivity index (χ0) is 12.0. The zero-order valence-electron chi connectivity index (χ0n) is 8.73. The van der Waals surface area contributed by atoms with Crippen molar-refractivity contribution in [2.75, 3.05) is 0 Å². The minimum Gasteiger partial charge on any atom is -0.288 e. The minimum atomic E-state index is -0.149. The lowest BCUT2D eigenvalue weighted by molar-refractivity contribution is 0.0989. The van der Waals surface area contributed by atoms with E-state index in [2.05, 4.69) is 31.9 Å². The number of ketones is 2. The normalized spacial score (nSPS) is 15.5. The van der Waals surface area contributed by atoms with Crippen LogP contribution in [-0.2, 0) is 0 Å². The average molecular weight is 344 g/mol. The Hall–Kier alpha value is -0.740. The third kappa shape index (κ3) is 1.60. The van der Waals surface area contributed by atoms with Crippen LogP contribution >= 0.6 is 31.9 Å². The Labute approximate surface area is 110 Å². The van der Waals surface area contributed by atoms with Gasteiger partial charge in [-0.3, -0.25) is 9.59 Å². The lowest BCUT2D eigenvalue weighted by Crippen LogP contribution is -2.17. The van der Waals surface area contributed by atoms with Gasteiger partial charge in [-0.1, -0.05) is 0 Å². The Kier molecular flexibility index (Phi) is 2.88. The Morgan fingerprint density at radius 1 is 0.812 bits per heavy atom. The molecule has 1 aromatic carbocycles. The number of carbonyl (C=O) groups excluding carboxylic acids is 2.